The molecule has 0 aromatic heterocycles. The van der Waals surface area contributed by atoms with Crippen LogP contribution in [0.4, 0.5) is 0 Å². The van der Waals surface area contributed by atoms with Crippen LogP contribution in [0.3, 0.4) is 0 Å². The predicted molar refractivity (Wildman–Crippen MR) is 36.8 cm³/mol. The molecule has 1 N–H and O–H groups in total. The van der Waals surface area contributed by atoms with Crippen LogP contribution in [0, 0.1) is 0 Å². The van der Waals surface area contributed by atoms with Gasteiger partial charge in [-0.05, 0) is 0 Å². The van der Waals surface area contributed by atoms with E-state index in [1.54, 1.807) is 0 Å². The van der Waals surface area contributed by atoms with Crippen molar-refractivity contribution in [3.63, 3.8) is 0 Å². The zero-order valence-electron chi connectivity index (χ0n) is 3.05. The molecule has 0 aliphatic rings. The van der Waals surface area contributed by atoms with E-state index in [2.05, 4.69) is 11.1 Å². The van der Waals surface area contributed by atoms with Crippen LogP contribution in [0.1, 0.15) is 0 Å². The predicted octanol–water partition coefficient (Wildman–Crippen LogP) is -0.769. The van der Waals surface area contributed by atoms with Gasteiger partial charge in [0.1, 0.15) is 0 Å². The quantitative estimate of drug-likeness (QED) is 0.324. The second-order valence-corrected chi connectivity index (χ2v) is 1.32. The Hall–Kier alpha value is 1.73. The van der Waals surface area contributed by atoms with Crippen LogP contribution in [0.5, 0.6) is 0 Å². The molecule has 0 saturated carbocycles. The summed E-state index contributed by atoms with van der Waals surface area (Å²) in [6.45, 7) is 3.04. The summed E-state index contributed by atoms with van der Waals surface area (Å²) >= 11 is 0. The van der Waals surface area contributed by atoms with E-state index < -0.39 is 8.25 Å². The summed E-state index contributed by atoms with van der Waals surface area (Å²) in [5, 5.41) is 0. The summed E-state index contributed by atoms with van der Waals surface area (Å²) in [4.78, 5) is 7.81. The maximum absolute atomic E-state index is 9.49. The summed E-state index contributed by atoms with van der Waals surface area (Å²) in [7, 11) is -2.75. The molecule has 0 rings (SSSR count). The van der Waals surface area contributed by atoms with E-state index in [9.17, 15) is 4.57 Å². The molecule has 6 heteroatoms. The van der Waals surface area contributed by atoms with E-state index >= 15 is 0 Å². The fourth-order valence-electron chi connectivity index (χ4n) is 0.0713. The molecule has 0 aromatic rings. The molecule has 1 atom stereocenters. The average molecular weight is 156 g/mol. The van der Waals surface area contributed by atoms with E-state index in [0.717, 1.165) is 6.26 Å². The molecular weight excluding hydrogens is 149 g/mol. The number of hydrogen-bond acceptors (Lipinski definition) is 2. The molecule has 0 aliphatic carbocycles. The number of hydrogen-bond donors (Lipinski definition) is 1. The van der Waals surface area contributed by atoms with Crippen molar-refractivity contribution in [2.45, 2.75) is 0 Å². The van der Waals surface area contributed by atoms with Crippen molar-refractivity contribution in [1.29, 1.82) is 0 Å². The van der Waals surface area contributed by atoms with Gasteiger partial charge in [-0.2, -0.15) is 0 Å². The van der Waals surface area contributed by atoms with Gasteiger partial charge < -0.3 is 9.42 Å². The Labute approximate surface area is 93.0 Å². The Kier molecular flexibility index (Phi) is 23.6. The van der Waals surface area contributed by atoms with Gasteiger partial charge in [0.15, 0.2) is 0 Å². The van der Waals surface area contributed by atoms with Crippen molar-refractivity contribution in [1.82, 2.24) is 0 Å². The first kappa shape index (κ1) is 16.4. The minimum absolute atomic E-state index is 0. The molecule has 0 aromatic carbocycles. The van der Waals surface area contributed by atoms with E-state index in [-0.39, 0.29) is 59.1 Å². The van der Waals surface area contributed by atoms with Gasteiger partial charge >= 0.3 is 67.4 Å². The van der Waals surface area contributed by atoms with Gasteiger partial charge in [0, 0.05) is 0 Å². The van der Waals surface area contributed by atoms with E-state index in [4.69, 9.17) is 4.89 Å². The summed E-state index contributed by atoms with van der Waals surface area (Å²) in [5.41, 5.74) is 0. The topological polar surface area (TPSA) is 46.5 Å². The van der Waals surface area contributed by atoms with Crippen molar-refractivity contribution < 1.29 is 14.0 Å². The molecule has 0 heterocycles. The molecule has 0 spiro atoms. The molecule has 0 bridgehead atoms. The minimum atomic E-state index is -2.75. The van der Waals surface area contributed by atoms with Gasteiger partial charge in [0.25, 0.3) is 0 Å². The first-order valence-corrected chi connectivity index (χ1v) is 2.54. The Morgan fingerprint density at radius 3 is 2.00 bits per heavy atom. The molecular formula is C2H7Na2O3P. The Morgan fingerprint density at radius 1 is 1.62 bits per heavy atom. The molecule has 8 heavy (non-hydrogen) atoms. The molecule has 3 nitrogen and oxygen atoms in total. The molecule has 1 unspecified atom stereocenters. The van der Waals surface area contributed by atoms with Gasteiger partial charge in [-0.15, -0.1) is 0 Å². The van der Waals surface area contributed by atoms with Gasteiger partial charge in [-0.25, -0.2) is 4.57 Å². The monoisotopic (exact) mass is 156 g/mol. The van der Waals surface area contributed by atoms with E-state index in [1.165, 1.54) is 0 Å². The summed E-state index contributed by atoms with van der Waals surface area (Å²) in [5.74, 6) is 0. The first-order valence-electron chi connectivity index (χ1n) is 1.28. The van der Waals surface area contributed by atoms with Crippen molar-refractivity contribution >= 4 is 67.4 Å². The van der Waals surface area contributed by atoms with Gasteiger partial charge in [0.05, 0.1) is 6.26 Å². The Bertz CT molecular complexity index is 75.7. The van der Waals surface area contributed by atoms with Crippen molar-refractivity contribution in [3.05, 3.63) is 12.8 Å². The Morgan fingerprint density at radius 2 is 2.00 bits per heavy atom. The first-order chi connectivity index (χ1) is 2.77. The second kappa shape index (κ2) is 11.5. The van der Waals surface area contributed by atoms with Crippen LogP contribution in [0.25, 0.3) is 0 Å². The van der Waals surface area contributed by atoms with E-state index in [0.29, 0.717) is 0 Å². The third kappa shape index (κ3) is 15.6. The van der Waals surface area contributed by atoms with Crippen LogP contribution in [0.2, 0.25) is 0 Å². The van der Waals surface area contributed by atoms with Crippen LogP contribution in [0.15, 0.2) is 12.8 Å². The number of rotatable bonds is 2. The molecule has 0 saturated heterocycles. The van der Waals surface area contributed by atoms with Crippen LogP contribution < -0.4 is 0 Å². The van der Waals surface area contributed by atoms with Crippen molar-refractivity contribution in [2.24, 2.45) is 0 Å². The van der Waals surface area contributed by atoms with Crippen molar-refractivity contribution in [2.75, 3.05) is 0 Å². The maximum atomic E-state index is 9.49. The third-order valence-electron chi connectivity index (χ3n) is 0.184. The molecule has 0 fully saturated rings. The fraction of sp³-hybridized carbons (Fsp3) is 0. The van der Waals surface area contributed by atoms with Gasteiger partial charge in [-0.3, -0.25) is 0 Å². The molecule has 40 valence electrons. The van der Waals surface area contributed by atoms with E-state index in [1.807, 2.05) is 0 Å². The van der Waals surface area contributed by atoms with Crippen LogP contribution in [-0.2, 0) is 9.09 Å². The molecule has 0 radical (unpaired) electrons. The summed E-state index contributed by atoms with van der Waals surface area (Å²) in [6, 6.07) is 0. The Balaban J connectivity index is -0.000000125. The van der Waals surface area contributed by atoms with Crippen LogP contribution in [-0.4, -0.2) is 64.0 Å². The summed E-state index contributed by atoms with van der Waals surface area (Å²) in [6.07, 6.45) is 0.932. The zero-order chi connectivity index (χ0) is 4.99. The SMILES string of the molecule is C=CO[PH](=O)O.[NaH].[NaH]. The standard InChI is InChI=1S/C2H5O3P.2Na.2H/c1-2-5-6(3)4;;;;/h2,6H,1H2,(H,3,4);;;;. The van der Waals surface area contributed by atoms with Gasteiger partial charge in [0.2, 0.25) is 0 Å². The van der Waals surface area contributed by atoms with Gasteiger partial charge in [-0.1, -0.05) is 6.58 Å². The molecule has 0 aliphatic heterocycles. The third-order valence-corrected chi connectivity index (χ3v) is 0.552. The average Bonchev–Trinajstić information content (AvgIpc) is 1.35. The molecule has 0 amide bonds. The fourth-order valence-corrected chi connectivity index (χ4v) is 0.214. The second-order valence-electron chi connectivity index (χ2n) is 0.550. The van der Waals surface area contributed by atoms with Crippen molar-refractivity contribution in [3.8, 4) is 0 Å². The summed E-state index contributed by atoms with van der Waals surface area (Å²) < 4.78 is 13.4. The van der Waals surface area contributed by atoms with Crippen LogP contribution >= 0.6 is 8.25 Å². The normalized spacial score (nSPS) is 9.62. The zero-order valence-corrected chi connectivity index (χ0v) is 4.05.